The largest absolute Gasteiger partial charge is 0.462 e. The molecular formula is C20H17ClN2O4. The fourth-order valence-corrected chi connectivity index (χ4v) is 2.65. The van der Waals surface area contributed by atoms with Gasteiger partial charge in [-0.3, -0.25) is 10.1 Å². The van der Waals surface area contributed by atoms with Gasteiger partial charge in [0.1, 0.15) is 5.69 Å². The maximum absolute atomic E-state index is 12.4. The smallest absolute Gasteiger partial charge is 0.346 e. The number of esters is 1. The van der Waals surface area contributed by atoms with Gasteiger partial charge in [0.2, 0.25) is 11.8 Å². The Morgan fingerprint density at radius 1 is 1.11 bits per heavy atom. The Balaban J connectivity index is 1.89. The van der Waals surface area contributed by atoms with E-state index in [4.69, 9.17) is 20.9 Å². The predicted molar refractivity (Wildman–Crippen MR) is 102 cm³/mol. The second kappa shape index (κ2) is 8.51. The first-order valence-corrected chi connectivity index (χ1v) is 8.72. The van der Waals surface area contributed by atoms with E-state index in [1.807, 2.05) is 30.3 Å². The highest BCUT2D eigenvalue weighted by Gasteiger charge is 2.26. The summed E-state index contributed by atoms with van der Waals surface area (Å²) in [4.78, 5) is 24.8. The Labute approximate surface area is 161 Å². The van der Waals surface area contributed by atoms with Crippen LogP contribution in [0.4, 0.5) is 5.88 Å². The van der Waals surface area contributed by atoms with Gasteiger partial charge in [0.15, 0.2) is 5.56 Å². The molecular weight excluding hydrogens is 368 g/mol. The highest BCUT2D eigenvalue weighted by Crippen LogP contribution is 2.30. The van der Waals surface area contributed by atoms with E-state index in [0.717, 1.165) is 5.56 Å². The fraction of sp³-hybridized carbons (Fsp3) is 0.150. The molecule has 0 aliphatic carbocycles. The number of ether oxygens (including phenoxy) is 1. The van der Waals surface area contributed by atoms with Gasteiger partial charge in [0, 0.05) is 10.6 Å². The van der Waals surface area contributed by atoms with Crippen LogP contribution in [0.2, 0.25) is 5.02 Å². The molecule has 27 heavy (non-hydrogen) atoms. The maximum Gasteiger partial charge on any atom is 0.346 e. The quantitative estimate of drug-likeness (QED) is 0.639. The van der Waals surface area contributed by atoms with Crippen LogP contribution in [-0.2, 0) is 16.0 Å². The van der Waals surface area contributed by atoms with Crippen LogP contribution in [-0.4, -0.2) is 23.6 Å². The summed E-state index contributed by atoms with van der Waals surface area (Å²) in [5.74, 6) is -0.997. The molecule has 2 aromatic carbocycles. The monoisotopic (exact) mass is 384 g/mol. The normalized spacial score (nSPS) is 10.4. The number of hydrogen-bond acceptors (Lipinski definition) is 5. The lowest BCUT2D eigenvalue weighted by Gasteiger charge is -2.06. The van der Waals surface area contributed by atoms with E-state index in [9.17, 15) is 9.59 Å². The van der Waals surface area contributed by atoms with Crippen LogP contribution in [0.25, 0.3) is 11.3 Å². The van der Waals surface area contributed by atoms with E-state index in [2.05, 4.69) is 10.5 Å². The molecule has 3 aromatic rings. The molecule has 0 spiro atoms. The van der Waals surface area contributed by atoms with Gasteiger partial charge in [-0.15, -0.1) is 0 Å². The number of nitrogens with one attached hydrogen (secondary N) is 1. The molecule has 0 aliphatic heterocycles. The lowest BCUT2D eigenvalue weighted by molar-refractivity contribution is -0.115. The van der Waals surface area contributed by atoms with E-state index >= 15 is 0 Å². The summed E-state index contributed by atoms with van der Waals surface area (Å²) in [6.45, 7) is 1.88. The molecule has 3 rings (SSSR count). The number of carbonyl (C=O) groups excluding carboxylic acids is 2. The van der Waals surface area contributed by atoms with E-state index in [-0.39, 0.29) is 36.1 Å². The van der Waals surface area contributed by atoms with Crippen molar-refractivity contribution in [3.63, 3.8) is 0 Å². The van der Waals surface area contributed by atoms with Gasteiger partial charge in [-0.1, -0.05) is 59.2 Å². The van der Waals surface area contributed by atoms with Crippen LogP contribution >= 0.6 is 11.6 Å². The molecule has 0 saturated heterocycles. The summed E-state index contributed by atoms with van der Waals surface area (Å²) in [6.07, 6.45) is 0.139. The van der Waals surface area contributed by atoms with Gasteiger partial charge in [-0.2, -0.15) is 0 Å². The number of rotatable bonds is 6. The molecule has 0 bridgehead atoms. The van der Waals surface area contributed by atoms with Gasteiger partial charge in [-0.05, 0) is 24.6 Å². The second-order valence-electron chi connectivity index (χ2n) is 5.67. The lowest BCUT2D eigenvalue weighted by atomic mass is 10.1. The highest BCUT2D eigenvalue weighted by atomic mass is 35.5. The van der Waals surface area contributed by atoms with Gasteiger partial charge < -0.3 is 9.26 Å². The fourth-order valence-electron chi connectivity index (χ4n) is 2.52. The molecule has 0 aliphatic rings. The zero-order valence-electron chi connectivity index (χ0n) is 14.6. The zero-order valence-corrected chi connectivity index (χ0v) is 15.3. The molecule has 1 aromatic heterocycles. The van der Waals surface area contributed by atoms with Gasteiger partial charge in [0.05, 0.1) is 13.0 Å². The van der Waals surface area contributed by atoms with E-state index in [0.29, 0.717) is 10.6 Å². The second-order valence-corrected chi connectivity index (χ2v) is 6.11. The third-order valence-corrected chi connectivity index (χ3v) is 4.00. The number of benzene rings is 2. The third-order valence-electron chi connectivity index (χ3n) is 3.75. The molecule has 1 N–H and O–H groups in total. The summed E-state index contributed by atoms with van der Waals surface area (Å²) in [6, 6.07) is 16.0. The number of halogens is 1. The first kappa shape index (κ1) is 18.7. The van der Waals surface area contributed by atoms with Crippen molar-refractivity contribution in [1.29, 1.82) is 0 Å². The van der Waals surface area contributed by atoms with Crippen LogP contribution in [0.5, 0.6) is 0 Å². The van der Waals surface area contributed by atoms with Crippen LogP contribution in [0, 0.1) is 0 Å². The van der Waals surface area contributed by atoms with Crippen LogP contribution in [0.3, 0.4) is 0 Å². The van der Waals surface area contributed by atoms with Crippen LogP contribution in [0.1, 0.15) is 22.8 Å². The SMILES string of the molecule is CCOC(=O)c1c(-c2ccc(Cl)cc2)noc1NC(=O)Cc1ccccc1. The van der Waals surface area contributed by atoms with Crippen LogP contribution < -0.4 is 5.32 Å². The van der Waals surface area contributed by atoms with Crippen molar-refractivity contribution in [2.75, 3.05) is 11.9 Å². The number of nitrogens with zero attached hydrogens (tertiary/aromatic N) is 1. The van der Waals surface area contributed by atoms with E-state index in [1.165, 1.54) is 0 Å². The van der Waals surface area contributed by atoms with Crippen molar-refractivity contribution < 1.29 is 18.8 Å². The average molecular weight is 385 g/mol. The van der Waals surface area contributed by atoms with Gasteiger partial charge in [-0.25, -0.2) is 4.79 Å². The van der Waals surface area contributed by atoms with Crippen molar-refractivity contribution in [3.05, 3.63) is 70.7 Å². The number of amides is 1. The molecule has 0 fully saturated rings. The molecule has 1 heterocycles. The zero-order chi connectivity index (χ0) is 19.2. The maximum atomic E-state index is 12.4. The van der Waals surface area contributed by atoms with Gasteiger partial charge in [0.25, 0.3) is 0 Å². The summed E-state index contributed by atoms with van der Waals surface area (Å²) >= 11 is 5.91. The minimum absolute atomic E-state index is 0.0423. The minimum Gasteiger partial charge on any atom is -0.462 e. The van der Waals surface area contributed by atoms with Crippen molar-refractivity contribution >= 4 is 29.4 Å². The number of anilines is 1. The standard InChI is InChI=1S/C20H17ClN2O4/c1-2-26-20(25)17-18(14-8-10-15(21)11-9-14)23-27-19(17)22-16(24)12-13-6-4-3-5-7-13/h3-11H,2,12H2,1H3,(H,22,24). The molecule has 7 heteroatoms. The van der Waals surface area contributed by atoms with Crippen LogP contribution in [0.15, 0.2) is 59.1 Å². The number of carbonyl (C=O) groups is 2. The third kappa shape index (κ3) is 4.54. The average Bonchev–Trinajstić information content (AvgIpc) is 3.06. The van der Waals surface area contributed by atoms with Crippen molar-refractivity contribution in [3.8, 4) is 11.3 Å². The molecule has 1 amide bonds. The number of aromatic nitrogens is 1. The summed E-state index contributed by atoms with van der Waals surface area (Å²) in [7, 11) is 0. The molecule has 138 valence electrons. The molecule has 0 saturated carbocycles. The first-order valence-electron chi connectivity index (χ1n) is 8.35. The predicted octanol–water partition coefficient (Wildman–Crippen LogP) is 4.35. The van der Waals surface area contributed by atoms with E-state index in [1.54, 1.807) is 31.2 Å². The van der Waals surface area contributed by atoms with Crippen molar-refractivity contribution in [2.45, 2.75) is 13.3 Å². The van der Waals surface area contributed by atoms with Crippen molar-refractivity contribution in [2.24, 2.45) is 0 Å². The number of hydrogen-bond donors (Lipinski definition) is 1. The Kier molecular flexibility index (Phi) is 5.88. The van der Waals surface area contributed by atoms with Gasteiger partial charge >= 0.3 is 5.97 Å². The first-order chi connectivity index (χ1) is 13.1. The Bertz CT molecular complexity index is 936. The Morgan fingerprint density at radius 3 is 2.48 bits per heavy atom. The topological polar surface area (TPSA) is 81.4 Å². The minimum atomic E-state index is -0.626. The summed E-state index contributed by atoms with van der Waals surface area (Å²) in [5.41, 5.74) is 1.81. The Hall–Kier alpha value is -3.12. The van der Waals surface area contributed by atoms with Crippen molar-refractivity contribution in [1.82, 2.24) is 5.16 Å². The molecule has 6 nitrogen and oxygen atoms in total. The molecule has 0 unspecified atom stereocenters. The Morgan fingerprint density at radius 2 is 1.81 bits per heavy atom. The lowest BCUT2D eigenvalue weighted by Crippen LogP contribution is -2.17. The summed E-state index contributed by atoms with van der Waals surface area (Å²) < 4.78 is 10.3. The summed E-state index contributed by atoms with van der Waals surface area (Å²) in [5, 5.41) is 7.10. The van der Waals surface area contributed by atoms with E-state index < -0.39 is 5.97 Å². The highest BCUT2D eigenvalue weighted by molar-refractivity contribution is 6.30. The molecule has 0 atom stereocenters. The molecule has 0 radical (unpaired) electrons.